The summed E-state index contributed by atoms with van der Waals surface area (Å²) in [6.07, 6.45) is 5.03. The molecule has 0 amide bonds. The Morgan fingerprint density at radius 1 is 0.955 bits per heavy atom. The molecule has 0 bridgehead atoms. The van der Waals surface area contributed by atoms with E-state index in [0.717, 1.165) is 22.2 Å². The fourth-order valence-corrected chi connectivity index (χ4v) is 5.92. The van der Waals surface area contributed by atoms with E-state index in [1.165, 1.54) is 0 Å². The third-order valence-corrected chi connectivity index (χ3v) is 13.1. The molecule has 0 aliphatic carbocycles. The van der Waals surface area contributed by atoms with Crippen LogP contribution in [0.5, 0.6) is 0 Å². The molecule has 2 aromatic carbocycles. The lowest BCUT2D eigenvalue weighted by Crippen LogP contribution is -2.46. The molecule has 0 radical (unpaired) electrons. The SMILES string of the molecule is CC(C)(C)[Si](C)(C)OCC1COC1n1ccc2cnc(C(=O)c3ccc(N=C(c4ccccc4)c4ccccc4)cn3)nc21. The summed E-state index contributed by atoms with van der Waals surface area (Å²) in [6.45, 7) is 12.5. The van der Waals surface area contributed by atoms with Gasteiger partial charge in [-0.1, -0.05) is 81.4 Å². The van der Waals surface area contributed by atoms with Crippen LogP contribution in [0.25, 0.3) is 11.0 Å². The van der Waals surface area contributed by atoms with Crippen LogP contribution in [0, 0.1) is 5.92 Å². The zero-order valence-electron chi connectivity index (χ0n) is 25.8. The van der Waals surface area contributed by atoms with Gasteiger partial charge >= 0.3 is 0 Å². The lowest BCUT2D eigenvalue weighted by Gasteiger charge is -2.42. The number of hydrogen-bond acceptors (Lipinski definition) is 7. The minimum atomic E-state index is -1.88. The fourth-order valence-electron chi connectivity index (χ4n) is 4.86. The third-order valence-electron chi connectivity index (χ3n) is 8.60. The van der Waals surface area contributed by atoms with Crippen LogP contribution >= 0.6 is 0 Å². The number of ether oxygens (including phenoxy) is 1. The van der Waals surface area contributed by atoms with Crippen molar-refractivity contribution in [3.63, 3.8) is 0 Å². The first kappa shape index (κ1) is 29.7. The molecule has 8 nitrogen and oxygen atoms in total. The molecule has 9 heteroatoms. The topological polar surface area (TPSA) is 91.5 Å². The van der Waals surface area contributed by atoms with Crippen LogP contribution in [0.1, 0.15) is 54.4 Å². The summed E-state index contributed by atoms with van der Waals surface area (Å²) in [5, 5.41) is 0.980. The van der Waals surface area contributed by atoms with Gasteiger partial charge < -0.3 is 13.7 Å². The molecule has 44 heavy (non-hydrogen) atoms. The van der Waals surface area contributed by atoms with E-state index in [0.29, 0.717) is 24.5 Å². The highest BCUT2D eigenvalue weighted by atomic mass is 28.4. The van der Waals surface area contributed by atoms with Crippen molar-refractivity contribution in [2.24, 2.45) is 10.9 Å². The molecular weight excluding hydrogens is 567 g/mol. The summed E-state index contributed by atoms with van der Waals surface area (Å²) >= 11 is 0. The van der Waals surface area contributed by atoms with Crippen molar-refractivity contribution in [1.82, 2.24) is 19.5 Å². The van der Waals surface area contributed by atoms with Gasteiger partial charge in [0.1, 0.15) is 17.6 Å². The average Bonchev–Trinajstić information content (AvgIpc) is 3.42. The van der Waals surface area contributed by atoms with Crippen molar-refractivity contribution in [3.05, 3.63) is 120 Å². The van der Waals surface area contributed by atoms with Gasteiger partial charge in [-0.05, 0) is 36.3 Å². The number of benzene rings is 2. The quantitative estimate of drug-likeness (QED) is 0.0991. The van der Waals surface area contributed by atoms with Crippen molar-refractivity contribution in [2.45, 2.75) is 45.1 Å². The predicted molar refractivity (Wildman–Crippen MR) is 175 cm³/mol. The summed E-state index contributed by atoms with van der Waals surface area (Å²) < 4.78 is 14.4. The van der Waals surface area contributed by atoms with Crippen LogP contribution in [-0.4, -0.2) is 52.5 Å². The van der Waals surface area contributed by atoms with E-state index in [4.69, 9.17) is 14.2 Å². The van der Waals surface area contributed by atoms with Gasteiger partial charge in [0.05, 0.1) is 24.2 Å². The lowest BCUT2D eigenvalue weighted by molar-refractivity contribution is -0.170. The fraction of sp³-hybridized carbons (Fsp3) is 0.286. The summed E-state index contributed by atoms with van der Waals surface area (Å²) in [4.78, 5) is 31.8. The molecule has 5 aromatic rings. The number of pyridine rings is 1. The van der Waals surface area contributed by atoms with Gasteiger partial charge in [-0.25, -0.2) is 15.0 Å². The molecule has 0 N–H and O–H groups in total. The van der Waals surface area contributed by atoms with E-state index in [2.05, 4.69) is 48.8 Å². The highest BCUT2D eigenvalue weighted by Crippen LogP contribution is 2.39. The summed E-state index contributed by atoms with van der Waals surface area (Å²) in [7, 11) is -1.88. The Labute approximate surface area is 259 Å². The molecular formula is C35H37N5O3Si. The minimum Gasteiger partial charge on any atom is -0.416 e. The number of aromatic nitrogens is 4. The van der Waals surface area contributed by atoms with Crippen LogP contribution in [0.2, 0.25) is 18.1 Å². The van der Waals surface area contributed by atoms with Crippen LogP contribution < -0.4 is 0 Å². The van der Waals surface area contributed by atoms with Gasteiger partial charge in [-0.15, -0.1) is 0 Å². The van der Waals surface area contributed by atoms with Crippen molar-refractivity contribution in [3.8, 4) is 0 Å². The van der Waals surface area contributed by atoms with Gasteiger partial charge in [-0.3, -0.25) is 9.78 Å². The van der Waals surface area contributed by atoms with Crippen molar-refractivity contribution < 1.29 is 14.0 Å². The van der Waals surface area contributed by atoms with Crippen LogP contribution in [-0.2, 0) is 9.16 Å². The largest absolute Gasteiger partial charge is 0.416 e. The molecule has 0 saturated carbocycles. The van der Waals surface area contributed by atoms with Crippen LogP contribution in [0.4, 0.5) is 5.69 Å². The highest BCUT2D eigenvalue weighted by molar-refractivity contribution is 6.74. The summed E-state index contributed by atoms with van der Waals surface area (Å²) in [6, 6.07) is 25.4. The van der Waals surface area contributed by atoms with E-state index >= 15 is 0 Å². The second-order valence-electron chi connectivity index (χ2n) is 12.7. The maximum absolute atomic E-state index is 13.4. The molecule has 4 heterocycles. The number of carbonyl (C=O) groups excluding carboxylic acids is 1. The van der Waals surface area contributed by atoms with Gasteiger partial charge in [0.2, 0.25) is 11.6 Å². The Balaban J connectivity index is 1.22. The summed E-state index contributed by atoms with van der Waals surface area (Å²) in [5.41, 5.74) is 4.36. The predicted octanol–water partition coefficient (Wildman–Crippen LogP) is 7.39. The average molecular weight is 604 g/mol. The van der Waals surface area contributed by atoms with E-state index in [-0.39, 0.29) is 34.5 Å². The Morgan fingerprint density at radius 2 is 1.64 bits per heavy atom. The van der Waals surface area contributed by atoms with Gasteiger partial charge in [0, 0.05) is 41.4 Å². The Kier molecular flexibility index (Phi) is 8.11. The summed E-state index contributed by atoms with van der Waals surface area (Å²) in [5.74, 6) is -0.0574. The molecule has 0 spiro atoms. The van der Waals surface area contributed by atoms with E-state index < -0.39 is 8.32 Å². The number of hydrogen-bond donors (Lipinski definition) is 0. The van der Waals surface area contributed by atoms with Crippen molar-refractivity contribution in [1.29, 1.82) is 0 Å². The standard InChI is InChI=1S/C35H37N5O3Si/c1-35(2,3)44(4,5)43-23-27-22-42-34(27)40-19-18-26-20-37-32(39-33(26)40)31(41)29-17-16-28(21-36-29)38-30(24-12-8-6-9-13-24)25-14-10-7-11-15-25/h6-21,27,34H,22-23H2,1-5H3. The number of ketones is 1. The second kappa shape index (κ2) is 12.0. The lowest BCUT2D eigenvalue weighted by atomic mass is 10.0. The van der Waals surface area contributed by atoms with Crippen LogP contribution in [0.15, 0.2) is 102 Å². The highest BCUT2D eigenvalue weighted by Gasteiger charge is 2.41. The monoisotopic (exact) mass is 603 g/mol. The normalized spacial score (nSPS) is 16.8. The zero-order chi connectivity index (χ0) is 30.9. The van der Waals surface area contributed by atoms with Gasteiger partial charge in [0.15, 0.2) is 8.32 Å². The number of aliphatic imine (C=N–C) groups is 1. The molecule has 6 rings (SSSR count). The second-order valence-corrected chi connectivity index (χ2v) is 17.5. The Bertz CT molecular complexity index is 1750. The van der Waals surface area contributed by atoms with Crippen LogP contribution in [0.3, 0.4) is 0 Å². The van der Waals surface area contributed by atoms with E-state index in [1.54, 1.807) is 24.5 Å². The minimum absolute atomic E-state index is 0.0869. The van der Waals surface area contributed by atoms with E-state index in [1.807, 2.05) is 77.5 Å². The first-order valence-electron chi connectivity index (χ1n) is 14.9. The maximum atomic E-state index is 13.4. The molecule has 2 atom stereocenters. The molecule has 224 valence electrons. The molecule has 1 fully saturated rings. The number of nitrogens with zero attached hydrogens (tertiary/aromatic N) is 5. The van der Waals surface area contributed by atoms with Crippen molar-refractivity contribution in [2.75, 3.05) is 13.2 Å². The number of fused-ring (bicyclic) bond motifs is 1. The number of rotatable bonds is 9. The molecule has 1 aliphatic heterocycles. The van der Waals surface area contributed by atoms with Gasteiger partial charge in [-0.2, -0.15) is 0 Å². The smallest absolute Gasteiger partial charge is 0.248 e. The van der Waals surface area contributed by atoms with Crippen molar-refractivity contribution >= 4 is 36.5 Å². The van der Waals surface area contributed by atoms with Gasteiger partial charge in [0.25, 0.3) is 0 Å². The van der Waals surface area contributed by atoms with E-state index in [9.17, 15) is 4.79 Å². The maximum Gasteiger partial charge on any atom is 0.248 e. The third kappa shape index (κ3) is 6.03. The first-order chi connectivity index (χ1) is 21.1. The Morgan fingerprint density at radius 3 is 2.20 bits per heavy atom. The molecule has 1 saturated heterocycles. The number of carbonyl (C=O) groups is 1. The Hall–Kier alpha value is -4.31. The first-order valence-corrected chi connectivity index (χ1v) is 17.8. The zero-order valence-corrected chi connectivity index (χ0v) is 26.8. The molecule has 3 aromatic heterocycles. The molecule has 1 aliphatic rings. The molecule has 2 unspecified atom stereocenters.